The second-order valence-corrected chi connectivity index (χ2v) is 4.52. The molecule has 0 aliphatic rings. The Bertz CT molecular complexity index is 487. The minimum absolute atomic E-state index is 0.222. The Hall–Kier alpha value is -1.20. The van der Waals surface area contributed by atoms with Crippen LogP contribution in [0.4, 0.5) is 4.39 Å². The number of aryl methyl sites for hydroxylation is 2. The van der Waals surface area contributed by atoms with Gasteiger partial charge < -0.3 is 5.73 Å². The topological polar surface area (TPSA) is 43.8 Å². The quantitative estimate of drug-likeness (QED) is 0.850. The van der Waals surface area contributed by atoms with Gasteiger partial charge in [0.25, 0.3) is 0 Å². The van der Waals surface area contributed by atoms with E-state index in [2.05, 4.69) is 5.10 Å². The van der Waals surface area contributed by atoms with Crippen molar-refractivity contribution in [2.75, 3.05) is 0 Å². The molecule has 2 heterocycles. The van der Waals surface area contributed by atoms with Crippen molar-refractivity contribution in [1.82, 2.24) is 9.78 Å². The van der Waals surface area contributed by atoms with E-state index in [0.29, 0.717) is 4.88 Å². The largest absolute Gasteiger partial charge is 0.326 e. The third-order valence-corrected chi connectivity index (χ3v) is 3.39. The van der Waals surface area contributed by atoms with Crippen LogP contribution in [-0.2, 0) is 13.6 Å². The Balaban J connectivity index is 2.49. The van der Waals surface area contributed by atoms with Crippen LogP contribution >= 0.6 is 11.3 Å². The molecule has 2 N–H and O–H groups in total. The van der Waals surface area contributed by atoms with Crippen LogP contribution in [0.3, 0.4) is 0 Å². The van der Waals surface area contributed by atoms with E-state index in [9.17, 15) is 4.39 Å². The van der Waals surface area contributed by atoms with Gasteiger partial charge in [-0.05, 0) is 13.0 Å². The molecule has 0 aromatic carbocycles. The maximum absolute atomic E-state index is 13.3. The van der Waals surface area contributed by atoms with Gasteiger partial charge in [-0.25, -0.2) is 4.39 Å². The van der Waals surface area contributed by atoms with Gasteiger partial charge in [-0.15, -0.1) is 11.3 Å². The summed E-state index contributed by atoms with van der Waals surface area (Å²) in [5, 5.41) is 4.22. The summed E-state index contributed by atoms with van der Waals surface area (Å²) >= 11 is 1.39. The molecule has 0 aliphatic carbocycles. The third kappa shape index (κ3) is 1.80. The molecule has 0 amide bonds. The molecule has 15 heavy (non-hydrogen) atoms. The van der Waals surface area contributed by atoms with Crippen LogP contribution in [0.2, 0.25) is 0 Å². The Morgan fingerprint density at radius 3 is 2.80 bits per heavy atom. The van der Waals surface area contributed by atoms with Crippen LogP contribution in [0.25, 0.3) is 10.4 Å². The number of hydrogen-bond donors (Lipinski definition) is 1. The van der Waals surface area contributed by atoms with Gasteiger partial charge in [0.1, 0.15) is 5.82 Å². The zero-order chi connectivity index (χ0) is 11.0. The van der Waals surface area contributed by atoms with E-state index in [1.54, 1.807) is 4.68 Å². The fourth-order valence-electron chi connectivity index (χ4n) is 1.52. The molecule has 0 spiro atoms. The summed E-state index contributed by atoms with van der Waals surface area (Å²) in [4.78, 5) is 1.48. The molecule has 0 unspecified atom stereocenters. The smallest absolute Gasteiger partial charge is 0.139 e. The van der Waals surface area contributed by atoms with Crippen LogP contribution in [0.5, 0.6) is 0 Å². The zero-order valence-electron chi connectivity index (χ0n) is 8.62. The molecule has 0 saturated carbocycles. The molecule has 80 valence electrons. The van der Waals surface area contributed by atoms with Crippen molar-refractivity contribution < 1.29 is 4.39 Å². The summed E-state index contributed by atoms with van der Waals surface area (Å²) in [7, 11) is 1.85. The van der Waals surface area contributed by atoms with Gasteiger partial charge >= 0.3 is 0 Å². The SMILES string of the molecule is Cc1nn(C)cc1-c1cc(F)c(CN)s1. The Morgan fingerprint density at radius 1 is 1.60 bits per heavy atom. The van der Waals surface area contributed by atoms with Crippen molar-refractivity contribution in [3.05, 3.63) is 28.7 Å². The standard InChI is InChI=1S/C10H12FN3S/c1-6-7(5-14(2)13-6)9-3-8(11)10(4-12)15-9/h3,5H,4,12H2,1-2H3. The van der Waals surface area contributed by atoms with Crippen molar-refractivity contribution in [1.29, 1.82) is 0 Å². The summed E-state index contributed by atoms with van der Waals surface area (Å²) in [5.41, 5.74) is 7.31. The molecule has 0 atom stereocenters. The highest BCUT2D eigenvalue weighted by Gasteiger charge is 2.12. The number of nitrogens with two attached hydrogens (primary N) is 1. The van der Waals surface area contributed by atoms with Gasteiger partial charge in [0.2, 0.25) is 0 Å². The molecule has 0 fully saturated rings. The van der Waals surface area contributed by atoms with E-state index in [1.165, 1.54) is 17.4 Å². The first-order valence-electron chi connectivity index (χ1n) is 4.60. The van der Waals surface area contributed by atoms with Crippen LogP contribution in [-0.4, -0.2) is 9.78 Å². The Labute approximate surface area is 91.3 Å². The fourth-order valence-corrected chi connectivity index (χ4v) is 2.50. The molecule has 2 aromatic rings. The van der Waals surface area contributed by atoms with Crippen LogP contribution in [0, 0.1) is 12.7 Å². The highest BCUT2D eigenvalue weighted by atomic mass is 32.1. The van der Waals surface area contributed by atoms with Crippen molar-refractivity contribution in [3.63, 3.8) is 0 Å². The Kier molecular flexibility index (Phi) is 2.58. The number of nitrogens with zero attached hydrogens (tertiary/aromatic N) is 2. The second-order valence-electron chi connectivity index (χ2n) is 3.39. The number of hydrogen-bond acceptors (Lipinski definition) is 3. The summed E-state index contributed by atoms with van der Waals surface area (Å²) < 4.78 is 15.1. The summed E-state index contributed by atoms with van der Waals surface area (Å²) in [5.74, 6) is -0.222. The third-order valence-electron chi connectivity index (χ3n) is 2.22. The molecule has 3 nitrogen and oxygen atoms in total. The summed E-state index contributed by atoms with van der Waals surface area (Å²) in [6, 6.07) is 1.52. The number of halogens is 1. The lowest BCUT2D eigenvalue weighted by atomic mass is 10.2. The van der Waals surface area contributed by atoms with E-state index in [1.807, 2.05) is 20.2 Å². The predicted octanol–water partition coefficient (Wildman–Crippen LogP) is 2.05. The lowest BCUT2D eigenvalue weighted by molar-refractivity contribution is 0.619. The lowest BCUT2D eigenvalue weighted by Crippen LogP contribution is -1.94. The van der Waals surface area contributed by atoms with E-state index < -0.39 is 0 Å². The average molecular weight is 225 g/mol. The monoisotopic (exact) mass is 225 g/mol. The summed E-state index contributed by atoms with van der Waals surface area (Å²) in [6.45, 7) is 2.16. The maximum Gasteiger partial charge on any atom is 0.139 e. The van der Waals surface area contributed by atoms with Crippen molar-refractivity contribution >= 4 is 11.3 Å². The fraction of sp³-hybridized carbons (Fsp3) is 0.300. The van der Waals surface area contributed by atoms with Crippen molar-refractivity contribution in [2.24, 2.45) is 12.8 Å². The van der Waals surface area contributed by atoms with Crippen molar-refractivity contribution in [3.8, 4) is 10.4 Å². The normalized spacial score (nSPS) is 10.9. The Morgan fingerprint density at radius 2 is 2.33 bits per heavy atom. The lowest BCUT2D eigenvalue weighted by Gasteiger charge is -1.91. The van der Waals surface area contributed by atoms with Gasteiger partial charge in [-0.3, -0.25) is 4.68 Å². The summed E-state index contributed by atoms with van der Waals surface area (Å²) in [6.07, 6.45) is 1.89. The minimum Gasteiger partial charge on any atom is -0.326 e. The van der Waals surface area contributed by atoms with Gasteiger partial charge in [0.15, 0.2) is 0 Å². The highest BCUT2D eigenvalue weighted by molar-refractivity contribution is 7.15. The second kappa shape index (κ2) is 3.75. The van der Waals surface area contributed by atoms with Gasteiger partial charge in [-0.2, -0.15) is 5.10 Å². The predicted molar refractivity (Wildman–Crippen MR) is 59.1 cm³/mol. The first-order chi connectivity index (χ1) is 7.11. The van der Waals surface area contributed by atoms with E-state index in [-0.39, 0.29) is 12.4 Å². The zero-order valence-corrected chi connectivity index (χ0v) is 9.44. The maximum atomic E-state index is 13.3. The van der Waals surface area contributed by atoms with Gasteiger partial charge in [0, 0.05) is 30.2 Å². The van der Waals surface area contributed by atoms with Crippen LogP contribution in [0.15, 0.2) is 12.3 Å². The minimum atomic E-state index is -0.222. The molecule has 0 saturated heterocycles. The molecule has 2 aromatic heterocycles. The molecule has 0 radical (unpaired) electrons. The van der Waals surface area contributed by atoms with Gasteiger partial charge in [0.05, 0.1) is 10.6 Å². The molecule has 0 aliphatic heterocycles. The number of thiophene rings is 1. The average Bonchev–Trinajstić information content (AvgIpc) is 2.69. The first kappa shape index (κ1) is 10.3. The van der Waals surface area contributed by atoms with Crippen LogP contribution < -0.4 is 5.73 Å². The van der Waals surface area contributed by atoms with E-state index in [4.69, 9.17) is 5.73 Å². The molecule has 5 heteroatoms. The van der Waals surface area contributed by atoms with Crippen molar-refractivity contribution in [2.45, 2.75) is 13.5 Å². The van der Waals surface area contributed by atoms with Crippen LogP contribution in [0.1, 0.15) is 10.6 Å². The van der Waals surface area contributed by atoms with E-state index >= 15 is 0 Å². The molecular formula is C10H12FN3S. The molecule has 2 rings (SSSR count). The number of aromatic nitrogens is 2. The van der Waals surface area contributed by atoms with E-state index in [0.717, 1.165) is 16.1 Å². The molecular weight excluding hydrogens is 213 g/mol. The first-order valence-corrected chi connectivity index (χ1v) is 5.42. The highest BCUT2D eigenvalue weighted by Crippen LogP contribution is 2.31. The molecule has 0 bridgehead atoms. The number of rotatable bonds is 2. The van der Waals surface area contributed by atoms with Gasteiger partial charge in [-0.1, -0.05) is 0 Å².